The molecule has 8 heteroatoms. The van der Waals surface area contributed by atoms with E-state index in [0.29, 0.717) is 15.6 Å². The number of halogens is 2. The van der Waals surface area contributed by atoms with Crippen LogP contribution in [0.2, 0.25) is 5.02 Å². The van der Waals surface area contributed by atoms with E-state index in [-0.39, 0.29) is 30.3 Å². The minimum absolute atomic E-state index is 0.120. The van der Waals surface area contributed by atoms with Gasteiger partial charge in [-0.2, -0.15) is 0 Å². The minimum atomic E-state index is -0.493. The quantitative estimate of drug-likeness (QED) is 0.864. The molecule has 122 valence electrons. The summed E-state index contributed by atoms with van der Waals surface area (Å²) in [6.45, 7) is -0.434. The van der Waals surface area contributed by atoms with Crippen molar-refractivity contribution in [3.8, 4) is 0 Å². The van der Waals surface area contributed by atoms with E-state index < -0.39 is 5.82 Å². The van der Waals surface area contributed by atoms with Crippen LogP contribution in [-0.2, 0) is 0 Å². The highest BCUT2D eigenvalue weighted by Gasteiger charge is 2.20. The van der Waals surface area contributed by atoms with Gasteiger partial charge in [-0.25, -0.2) is 19.4 Å². The van der Waals surface area contributed by atoms with Crippen LogP contribution in [0.25, 0.3) is 5.70 Å². The van der Waals surface area contributed by atoms with Gasteiger partial charge in [-0.1, -0.05) is 23.7 Å². The molecule has 3 rings (SSSR count). The topological polar surface area (TPSA) is 77.6 Å². The van der Waals surface area contributed by atoms with E-state index in [4.69, 9.17) is 11.6 Å². The normalized spacial score (nSPS) is 15.7. The van der Waals surface area contributed by atoms with Crippen LogP contribution in [0.5, 0.6) is 0 Å². The van der Waals surface area contributed by atoms with Crippen molar-refractivity contribution in [1.29, 1.82) is 0 Å². The third-order valence-corrected chi connectivity index (χ3v) is 3.69. The lowest BCUT2D eigenvalue weighted by atomic mass is 10.1. The average molecular weight is 347 g/mol. The molecule has 0 bridgehead atoms. The van der Waals surface area contributed by atoms with E-state index in [1.165, 1.54) is 6.07 Å². The molecule has 0 atom stereocenters. The van der Waals surface area contributed by atoms with E-state index in [1.807, 2.05) is 0 Å². The maximum absolute atomic E-state index is 14.3. The largest absolute Gasteiger partial charge is 0.288 e. The van der Waals surface area contributed by atoms with Gasteiger partial charge >= 0.3 is 0 Å². The fraction of sp³-hybridized carbons (Fsp3) is 0.125. The van der Waals surface area contributed by atoms with E-state index in [9.17, 15) is 14.5 Å². The Morgan fingerprint density at radius 3 is 2.83 bits per heavy atom. The molecule has 2 aromatic rings. The summed E-state index contributed by atoms with van der Waals surface area (Å²) in [5.74, 6) is -0.292. The molecule has 0 radical (unpaired) electrons. The predicted molar refractivity (Wildman–Crippen MR) is 87.7 cm³/mol. The number of hydrogen-bond acceptors (Lipinski definition) is 5. The Labute approximate surface area is 141 Å². The van der Waals surface area contributed by atoms with Crippen LogP contribution in [0.4, 0.5) is 4.39 Å². The molecule has 0 fully saturated rings. The Hall–Kier alpha value is -2.64. The van der Waals surface area contributed by atoms with Gasteiger partial charge in [0.25, 0.3) is 0 Å². The molecule has 0 aliphatic carbocycles. The third-order valence-electron chi connectivity index (χ3n) is 3.45. The van der Waals surface area contributed by atoms with Crippen molar-refractivity contribution in [3.05, 3.63) is 74.4 Å². The summed E-state index contributed by atoms with van der Waals surface area (Å²) in [6, 6.07) is 10.9. The zero-order chi connectivity index (χ0) is 17.1. The highest BCUT2D eigenvalue weighted by Crippen LogP contribution is 2.19. The molecule has 0 saturated heterocycles. The fourth-order valence-electron chi connectivity index (χ4n) is 2.46. The molecule has 0 saturated carbocycles. The molecule has 0 unspecified atom stereocenters. The van der Waals surface area contributed by atoms with Gasteiger partial charge in [-0.05, 0) is 35.5 Å². The van der Waals surface area contributed by atoms with E-state index in [0.717, 1.165) is 5.06 Å². The molecule has 1 aliphatic heterocycles. The number of aliphatic imine (C=N–C) groups is 1. The van der Waals surface area contributed by atoms with Gasteiger partial charge in [0.2, 0.25) is 0 Å². The van der Waals surface area contributed by atoms with Crippen LogP contribution < -0.4 is 10.6 Å². The van der Waals surface area contributed by atoms with Gasteiger partial charge in [0.05, 0.1) is 11.1 Å². The van der Waals surface area contributed by atoms with Crippen LogP contribution in [-0.4, -0.2) is 29.3 Å². The van der Waals surface area contributed by atoms with E-state index in [1.54, 1.807) is 36.4 Å². The second kappa shape index (κ2) is 6.86. The molecule has 24 heavy (non-hydrogen) atoms. The number of benzene rings is 2. The van der Waals surface area contributed by atoms with E-state index in [2.05, 4.69) is 15.2 Å². The van der Waals surface area contributed by atoms with Crippen LogP contribution in [0.15, 0.2) is 57.6 Å². The van der Waals surface area contributed by atoms with Crippen molar-refractivity contribution >= 4 is 23.1 Å². The van der Waals surface area contributed by atoms with Crippen LogP contribution in [0, 0.1) is 10.7 Å². The lowest BCUT2D eigenvalue weighted by Gasteiger charge is -2.19. The van der Waals surface area contributed by atoms with Gasteiger partial charge in [-0.15, -0.1) is 4.91 Å². The molecule has 0 aromatic heterocycles. The van der Waals surface area contributed by atoms with Crippen molar-refractivity contribution in [3.63, 3.8) is 0 Å². The summed E-state index contributed by atoms with van der Waals surface area (Å²) in [5, 5.41) is 15.3. The number of nitroso groups, excluding NO2 is 1. The summed E-state index contributed by atoms with van der Waals surface area (Å²) in [4.78, 5) is 18.5. The molecule has 2 aromatic carbocycles. The maximum atomic E-state index is 14.3. The first kappa shape index (κ1) is 16.2. The highest BCUT2D eigenvalue weighted by molar-refractivity contribution is 6.30. The van der Waals surface area contributed by atoms with Gasteiger partial charge in [0.15, 0.2) is 6.67 Å². The number of nitrogens with zero attached hydrogens (tertiary/aromatic N) is 4. The summed E-state index contributed by atoms with van der Waals surface area (Å²) in [5.41, 5.74) is 0.423. The van der Waals surface area contributed by atoms with Gasteiger partial charge < -0.3 is 0 Å². The zero-order valence-corrected chi connectivity index (χ0v) is 13.1. The molecule has 1 aliphatic rings. The van der Waals surface area contributed by atoms with Crippen molar-refractivity contribution in [2.24, 2.45) is 15.2 Å². The van der Waals surface area contributed by atoms with Crippen LogP contribution >= 0.6 is 11.6 Å². The number of fused-ring (bicyclic) bond motifs is 1. The summed E-state index contributed by atoms with van der Waals surface area (Å²) < 4.78 is 14.3. The molecular formula is C16H12ClFN4O2. The molecule has 6 nitrogen and oxygen atoms in total. The number of amidine groups is 1. The number of rotatable bonds is 3. The Kier molecular flexibility index (Phi) is 4.64. The SMILES string of the molecule is O=NCN=C1CN(O)C(c2ccccc2F)=c2cc(Cl)ccc2=N1. The minimum Gasteiger partial charge on any atom is -0.288 e. The Bertz CT molecular complexity index is 945. The second-order valence-electron chi connectivity index (χ2n) is 5.00. The molecule has 1 heterocycles. The monoisotopic (exact) mass is 346 g/mol. The van der Waals surface area contributed by atoms with Crippen LogP contribution in [0.1, 0.15) is 5.56 Å². The van der Waals surface area contributed by atoms with Crippen LogP contribution in [0.3, 0.4) is 0 Å². The van der Waals surface area contributed by atoms with Crippen molar-refractivity contribution in [1.82, 2.24) is 5.06 Å². The highest BCUT2D eigenvalue weighted by atomic mass is 35.5. The summed E-state index contributed by atoms with van der Waals surface area (Å²) in [7, 11) is 0. The third kappa shape index (κ3) is 3.17. The Balaban J connectivity index is 2.35. The van der Waals surface area contributed by atoms with Gasteiger partial charge in [0, 0.05) is 15.8 Å². The van der Waals surface area contributed by atoms with E-state index >= 15 is 0 Å². The first-order chi connectivity index (χ1) is 11.6. The lowest BCUT2D eigenvalue weighted by molar-refractivity contribution is -0.0122. The first-order valence-electron chi connectivity index (χ1n) is 7.02. The Morgan fingerprint density at radius 1 is 1.29 bits per heavy atom. The molecule has 0 amide bonds. The molecule has 1 N–H and O–H groups in total. The maximum Gasteiger partial charge on any atom is 0.173 e. The van der Waals surface area contributed by atoms with Gasteiger partial charge in [-0.3, -0.25) is 5.21 Å². The zero-order valence-electron chi connectivity index (χ0n) is 12.4. The molecular weight excluding hydrogens is 335 g/mol. The van der Waals surface area contributed by atoms with Crippen molar-refractivity contribution < 1.29 is 9.60 Å². The number of hydrogen-bond donors (Lipinski definition) is 1. The first-order valence-corrected chi connectivity index (χ1v) is 7.40. The summed E-state index contributed by atoms with van der Waals surface area (Å²) in [6.07, 6.45) is 0. The smallest absolute Gasteiger partial charge is 0.173 e. The van der Waals surface area contributed by atoms with Crippen molar-refractivity contribution in [2.75, 3.05) is 13.2 Å². The van der Waals surface area contributed by atoms with Gasteiger partial charge in [0.1, 0.15) is 18.2 Å². The summed E-state index contributed by atoms with van der Waals surface area (Å²) >= 11 is 6.05. The Morgan fingerprint density at radius 2 is 2.08 bits per heavy atom. The van der Waals surface area contributed by atoms with Crippen molar-refractivity contribution in [2.45, 2.75) is 0 Å². The fourth-order valence-corrected chi connectivity index (χ4v) is 2.63. The predicted octanol–water partition coefficient (Wildman–Crippen LogP) is 2.08. The average Bonchev–Trinajstić information content (AvgIpc) is 2.69. The number of hydroxylamine groups is 2. The lowest BCUT2D eigenvalue weighted by Crippen LogP contribution is -2.32. The molecule has 0 spiro atoms. The standard InChI is InChI=1S/C16H12ClFN4O2/c17-10-5-6-14-12(7-10)16(11-3-1-2-4-13(11)18)22(24)8-15(21-14)19-9-20-23/h1-7,24H,8-9H2. The second-order valence-corrected chi connectivity index (χ2v) is 5.44.